The van der Waals surface area contributed by atoms with Gasteiger partial charge in [0.25, 0.3) is 0 Å². The molecular weight excluding hydrogens is 356 g/mol. The lowest BCUT2D eigenvalue weighted by Crippen LogP contribution is -2.66. The number of carbonyl (C=O) groups is 1. The van der Waals surface area contributed by atoms with E-state index in [1.807, 2.05) is 0 Å². The summed E-state index contributed by atoms with van der Waals surface area (Å²) in [5, 5.41) is 33.5. The van der Waals surface area contributed by atoms with E-state index in [4.69, 9.17) is 4.74 Å². The molecule has 4 saturated carbocycles. The molecule has 1 heterocycles. The molecule has 1 aliphatic heterocycles. The highest BCUT2D eigenvalue weighted by Crippen LogP contribution is 2.69. The number of ether oxygens (including phenoxy) is 1. The first kappa shape index (κ1) is 19.1. The van der Waals surface area contributed by atoms with Crippen molar-refractivity contribution < 1.29 is 24.9 Å². The third-order valence-electron chi connectivity index (χ3n) is 9.96. The van der Waals surface area contributed by atoms with Crippen molar-refractivity contribution in [3.8, 4) is 0 Å². The Labute approximate surface area is 167 Å². The summed E-state index contributed by atoms with van der Waals surface area (Å²) >= 11 is 0. The summed E-state index contributed by atoms with van der Waals surface area (Å²) in [6.07, 6.45) is 7.59. The minimum Gasteiger partial charge on any atom is -0.458 e. The van der Waals surface area contributed by atoms with Gasteiger partial charge in [-0.2, -0.15) is 0 Å². The summed E-state index contributed by atoms with van der Waals surface area (Å²) in [7, 11) is 0. The first-order valence-electron chi connectivity index (χ1n) is 11.1. The molecule has 4 fully saturated rings. The van der Waals surface area contributed by atoms with Gasteiger partial charge in [-0.05, 0) is 80.1 Å². The zero-order valence-electron chi connectivity index (χ0n) is 17.1. The molecule has 0 unspecified atom stereocenters. The van der Waals surface area contributed by atoms with Crippen LogP contribution >= 0.6 is 0 Å². The van der Waals surface area contributed by atoms with Crippen LogP contribution in [-0.2, 0) is 9.53 Å². The van der Waals surface area contributed by atoms with Crippen LogP contribution in [0, 0.1) is 34.5 Å². The minimum absolute atomic E-state index is 0.0873. The molecule has 4 aliphatic carbocycles. The number of carbonyl (C=O) groups excluding carboxylic acids is 1. The fourth-order valence-corrected chi connectivity index (χ4v) is 8.38. The van der Waals surface area contributed by atoms with Gasteiger partial charge in [0.2, 0.25) is 0 Å². The molecule has 0 aromatic carbocycles. The highest BCUT2D eigenvalue weighted by atomic mass is 16.5. The first-order chi connectivity index (χ1) is 13.2. The topological polar surface area (TPSA) is 87.0 Å². The molecule has 0 aromatic rings. The second-order valence-electron chi connectivity index (χ2n) is 10.9. The van der Waals surface area contributed by atoms with Crippen LogP contribution in [0.2, 0.25) is 0 Å². The van der Waals surface area contributed by atoms with Crippen LogP contribution in [0.3, 0.4) is 0 Å². The number of rotatable bonds is 1. The SMILES string of the molecule is C[C@]12CC[C@@H](O)C[C@H]1C[C@H](O)[C@@H]1[C@H]2CC[C@]2(C)[C@@H](C3=CC(=O)OC3)CC[C@]12O. The van der Waals surface area contributed by atoms with E-state index >= 15 is 0 Å². The Morgan fingerprint density at radius 2 is 1.86 bits per heavy atom. The zero-order valence-corrected chi connectivity index (χ0v) is 17.1. The van der Waals surface area contributed by atoms with E-state index in [1.165, 1.54) is 0 Å². The van der Waals surface area contributed by atoms with Crippen molar-refractivity contribution in [2.45, 2.75) is 83.0 Å². The zero-order chi connectivity index (χ0) is 19.9. The summed E-state index contributed by atoms with van der Waals surface area (Å²) in [4.78, 5) is 11.6. The fourth-order valence-electron chi connectivity index (χ4n) is 8.38. The molecule has 156 valence electrons. The van der Waals surface area contributed by atoms with E-state index < -0.39 is 11.7 Å². The summed E-state index contributed by atoms with van der Waals surface area (Å²) in [6.45, 7) is 4.87. The molecule has 0 spiro atoms. The number of cyclic esters (lactones) is 1. The number of hydrogen-bond donors (Lipinski definition) is 3. The molecule has 9 atom stereocenters. The average molecular weight is 391 g/mol. The molecule has 0 aromatic heterocycles. The van der Waals surface area contributed by atoms with Crippen molar-refractivity contribution >= 4 is 5.97 Å². The quantitative estimate of drug-likeness (QED) is 0.599. The van der Waals surface area contributed by atoms with Gasteiger partial charge in [-0.3, -0.25) is 0 Å². The molecule has 0 radical (unpaired) electrons. The smallest absolute Gasteiger partial charge is 0.331 e. The van der Waals surface area contributed by atoms with E-state index in [2.05, 4.69) is 13.8 Å². The summed E-state index contributed by atoms with van der Waals surface area (Å²) in [5.74, 6) is 0.390. The van der Waals surface area contributed by atoms with Crippen LogP contribution in [0.1, 0.15) is 65.2 Å². The number of esters is 1. The molecule has 3 N–H and O–H groups in total. The van der Waals surface area contributed by atoms with Crippen molar-refractivity contribution in [3.05, 3.63) is 11.6 Å². The predicted octanol–water partition coefficient (Wildman–Crippen LogP) is 2.58. The molecule has 5 aliphatic rings. The molecular formula is C23H34O5. The van der Waals surface area contributed by atoms with Gasteiger partial charge >= 0.3 is 5.97 Å². The number of aliphatic hydroxyl groups is 3. The average Bonchev–Trinajstić information content (AvgIpc) is 3.17. The highest BCUT2D eigenvalue weighted by Gasteiger charge is 2.69. The number of hydrogen-bond acceptors (Lipinski definition) is 5. The summed E-state index contributed by atoms with van der Waals surface area (Å²) < 4.78 is 5.17. The fraction of sp³-hybridized carbons (Fsp3) is 0.870. The second kappa shape index (κ2) is 6.05. The minimum atomic E-state index is -0.906. The Kier molecular flexibility index (Phi) is 4.12. The number of fused-ring (bicyclic) bond motifs is 5. The monoisotopic (exact) mass is 390 g/mol. The van der Waals surface area contributed by atoms with Crippen LogP contribution in [-0.4, -0.2) is 45.7 Å². The van der Waals surface area contributed by atoms with Gasteiger partial charge in [-0.1, -0.05) is 13.8 Å². The second-order valence-corrected chi connectivity index (χ2v) is 10.9. The standard InChI is InChI=1S/C23H34O5/c1-21-6-3-15(24)10-14(21)11-18(25)20-17(21)4-7-22(2)16(5-8-23(20,22)27)13-9-19(26)28-12-13/h9,14-18,20,24-25,27H,3-8,10-12H2,1-2H3/t14-,15+,16+,17+,18-,20-,21-,22+,23-/m0/s1. The maximum atomic E-state index is 12.1. The van der Waals surface area contributed by atoms with Crippen LogP contribution < -0.4 is 0 Å². The maximum Gasteiger partial charge on any atom is 0.331 e. The molecule has 0 saturated heterocycles. The Hall–Kier alpha value is -0.910. The van der Waals surface area contributed by atoms with Gasteiger partial charge < -0.3 is 20.1 Å². The van der Waals surface area contributed by atoms with Crippen LogP contribution in [0.15, 0.2) is 11.6 Å². The van der Waals surface area contributed by atoms with Crippen LogP contribution in [0.4, 0.5) is 0 Å². The third kappa shape index (κ3) is 2.33. The van der Waals surface area contributed by atoms with Gasteiger partial charge in [0.05, 0.1) is 17.8 Å². The lowest BCUT2D eigenvalue weighted by molar-refractivity contribution is -0.240. The Bertz CT molecular complexity index is 718. The lowest BCUT2D eigenvalue weighted by atomic mass is 9.42. The molecule has 28 heavy (non-hydrogen) atoms. The van der Waals surface area contributed by atoms with E-state index in [0.29, 0.717) is 31.3 Å². The normalized spacial score (nSPS) is 55.8. The molecule has 0 amide bonds. The van der Waals surface area contributed by atoms with Gasteiger partial charge in [0.1, 0.15) is 6.61 Å². The Balaban J connectivity index is 1.50. The largest absolute Gasteiger partial charge is 0.458 e. The molecule has 0 bridgehead atoms. The van der Waals surface area contributed by atoms with Gasteiger partial charge in [0, 0.05) is 17.4 Å². The highest BCUT2D eigenvalue weighted by molar-refractivity contribution is 5.85. The van der Waals surface area contributed by atoms with Gasteiger partial charge in [0.15, 0.2) is 0 Å². The predicted molar refractivity (Wildman–Crippen MR) is 103 cm³/mol. The maximum absolute atomic E-state index is 12.1. The van der Waals surface area contributed by atoms with Crippen molar-refractivity contribution in [3.63, 3.8) is 0 Å². The molecule has 5 rings (SSSR count). The Morgan fingerprint density at radius 1 is 1.07 bits per heavy atom. The van der Waals surface area contributed by atoms with E-state index in [9.17, 15) is 20.1 Å². The lowest BCUT2D eigenvalue weighted by Gasteiger charge is -2.64. The van der Waals surface area contributed by atoms with Gasteiger partial charge in [-0.25, -0.2) is 4.79 Å². The van der Waals surface area contributed by atoms with Gasteiger partial charge in [-0.15, -0.1) is 0 Å². The van der Waals surface area contributed by atoms with E-state index in [1.54, 1.807) is 6.08 Å². The molecule has 5 nitrogen and oxygen atoms in total. The van der Waals surface area contributed by atoms with Crippen LogP contribution in [0.5, 0.6) is 0 Å². The van der Waals surface area contributed by atoms with E-state index in [0.717, 1.165) is 44.1 Å². The molecule has 5 heteroatoms. The summed E-state index contributed by atoms with van der Waals surface area (Å²) in [6, 6.07) is 0. The van der Waals surface area contributed by atoms with Crippen molar-refractivity contribution in [2.24, 2.45) is 34.5 Å². The van der Waals surface area contributed by atoms with Crippen molar-refractivity contribution in [1.29, 1.82) is 0 Å². The number of aliphatic hydroxyl groups excluding tert-OH is 2. The summed E-state index contributed by atoms with van der Waals surface area (Å²) in [5.41, 5.74) is -0.121. The van der Waals surface area contributed by atoms with E-state index in [-0.39, 0.29) is 34.7 Å². The Morgan fingerprint density at radius 3 is 2.57 bits per heavy atom. The van der Waals surface area contributed by atoms with Crippen molar-refractivity contribution in [1.82, 2.24) is 0 Å². The van der Waals surface area contributed by atoms with Crippen LogP contribution in [0.25, 0.3) is 0 Å². The third-order valence-corrected chi connectivity index (χ3v) is 9.96. The van der Waals surface area contributed by atoms with Crippen molar-refractivity contribution in [2.75, 3.05) is 6.61 Å². The first-order valence-corrected chi connectivity index (χ1v) is 11.1.